The van der Waals surface area contributed by atoms with E-state index in [1.807, 2.05) is 22.8 Å². The number of nitrogens with one attached hydrogen (secondary N) is 1. The predicted octanol–water partition coefficient (Wildman–Crippen LogP) is 3.93. The molecule has 1 N–H and O–H groups in total. The topological polar surface area (TPSA) is 84.8 Å². The number of carbonyl (C=O) groups is 1. The lowest BCUT2D eigenvalue weighted by atomic mass is 10.2. The van der Waals surface area contributed by atoms with Crippen molar-refractivity contribution in [1.82, 2.24) is 24.3 Å². The second-order valence-electron chi connectivity index (χ2n) is 8.48. The lowest BCUT2D eigenvalue weighted by molar-refractivity contribution is 0.140. The number of ether oxygens (including phenoxy) is 2. The van der Waals surface area contributed by atoms with Crippen LogP contribution >= 0.6 is 0 Å². The SMILES string of the molecule is COc1cc(NC(=O)N2CCN(Cc3nc4cccnc4n3-c3cccc(F)c3)CC2)cc(OC)c1. The van der Waals surface area contributed by atoms with Crippen LogP contribution in [0.5, 0.6) is 11.5 Å². The van der Waals surface area contributed by atoms with Gasteiger partial charge < -0.3 is 19.7 Å². The van der Waals surface area contributed by atoms with Crippen LogP contribution in [0.1, 0.15) is 5.82 Å². The fourth-order valence-electron chi connectivity index (χ4n) is 4.34. The van der Waals surface area contributed by atoms with Crippen LogP contribution < -0.4 is 14.8 Å². The second kappa shape index (κ2) is 10.2. The van der Waals surface area contributed by atoms with Crippen molar-refractivity contribution in [2.45, 2.75) is 6.54 Å². The molecule has 3 heterocycles. The van der Waals surface area contributed by atoms with Crippen LogP contribution in [0.2, 0.25) is 0 Å². The lowest BCUT2D eigenvalue weighted by Gasteiger charge is -2.34. The molecule has 1 saturated heterocycles. The number of hydrogen-bond acceptors (Lipinski definition) is 6. The van der Waals surface area contributed by atoms with Crippen LogP contribution in [0.4, 0.5) is 14.9 Å². The number of urea groups is 1. The number of methoxy groups -OCH3 is 2. The van der Waals surface area contributed by atoms with Gasteiger partial charge in [-0.25, -0.2) is 19.2 Å². The van der Waals surface area contributed by atoms with Crippen LogP contribution in [0, 0.1) is 5.82 Å². The van der Waals surface area contributed by atoms with Crippen LogP contribution in [-0.4, -0.2) is 70.8 Å². The number of amides is 2. The minimum absolute atomic E-state index is 0.179. The fraction of sp³-hybridized carbons (Fsp3) is 0.269. The molecule has 2 amide bonds. The number of anilines is 1. The summed E-state index contributed by atoms with van der Waals surface area (Å²) in [5.74, 6) is 1.66. The molecule has 0 radical (unpaired) electrons. The summed E-state index contributed by atoms with van der Waals surface area (Å²) in [7, 11) is 3.14. The Morgan fingerprint density at radius 3 is 2.44 bits per heavy atom. The lowest BCUT2D eigenvalue weighted by Crippen LogP contribution is -2.49. The molecule has 4 aromatic rings. The summed E-state index contributed by atoms with van der Waals surface area (Å²) in [6.07, 6.45) is 1.71. The molecule has 2 aromatic heterocycles. The molecule has 186 valence electrons. The molecule has 2 aromatic carbocycles. The van der Waals surface area contributed by atoms with Gasteiger partial charge in [0.05, 0.1) is 26.5 Å². The van der Waals surface area contributed by atoms with Crippen LogP contribution in [-0.2, 0) is 6.54 Å². The quantitative estimate of drug-likeness (QED) is 0.441. The Kier molecular flexibility index (Phi) is 6.68. The first-order valence-corrected chi connectivity index (χ1v) is 11.6. The molecule has 5 rings (SSSR count). The number of nitrogens with zero attached hydrogens (tertiary/aromatic N) is 5. The van der Waals surface area contributed by atoms with Crippen molar-refractivity contribution in [3.63, 3.8) is 0 Å². The summed E-state index contributed by atoms with van der Waals surface area (Å²) >= 11 is 0. The largest absolute Gasteiger partial charge is 0.497 e. The van der Waals surface area contributed by atoms with E-state index in [4.69, 9.17) is 14.5 Å². The fourth-order valence-corrected chi connectivity index (χ4v) is 4.34. The smallest absolute Gasteiger partial charge is 0.321 e. The molecule has 1 aliphatic heterocycles. The van der Waals surface area contributed by atoms with E-state index < -0.39 is 0 Å². The van der Waals surface area contributed by atoms with Gasteiger partial charge in [0.1, 0.15) is 28.7 Å². The highest BCUT2D eigenvalue weighted by Crippen LogP contribution is 2.26. The number of imidazole rings is 1. The number of hydrogen-bond donors (Lipinski definition) is 1. The van der Waals surface area contributed by atoms with Gasteiger partial charge in [-0.15, -0.1) is 0 Å². The third-order valence-electron chi connectivity index (χ3n) is 6.18. The summed E-state index contributed by atoms with van der Waals surface area (Å²) in [6.45, 7) is 3.02. The molecule has 0 unspecified atom stereocenters. The summed E-state index contributed by atoms with van der Waals surface area (Å²) in [6, 6.07) is 15.2. The minimum Gasteiger partial charge on any atom is -0.497 e. The summed E-state index contributed by atoms with van der Waals surface area (Å²) in [4.78, 5) is 26.1. The number of rotatable bonds is 6. The zero-order valence-electron chi connectivity index (χ0n) is 20.1. The van der Waals surface area contributed by atoms with E-state index in [-0.39, 0.29) is 11.8 Å². The van der Waals surface area contributed by atoms with E-state index in [1.54, 1.807) is 49.6 Å². The van der Waals surface area contributed by atoms with Gasteiger partial charge in [-0.1, -0.05) is 6.07 Å². The zero-order chi connectivity index (χ0) is 25.1. The third-order valence-corrected chi connectivity index (χ3v) is 6.18. The highest BCUT2D eigenvalue weighted by atomic mass is 19.1. The summed E-state index contributed by atoms with van der Waals surface area (Å²) < 4.78 is 26.4. The molecule has 1 aliphatic rings. The number of carbonyl (C=O) groups excluding carboxylic acids is 1. The number of halogens is 1. The molecule has 36 heavy (non-hydrogen) atoms. The first-order valence-electron chi connectivity index (χ1n) is 11.6. The van der Waals surface area contributed by atoms with Crippen LogP contribution in [0.3, 0.4) is 0 Å². The first kappa shape index (κ1) is 23.6. The molecule has 0 bridgehead atoms. The standard InChI is InChI=1S/C26H27FN6O3/c1-35-21-14-19(15-22(16-21)36-2)29-26(34)32-11-9-31(10-12-32)17-24-30-23-7-4-8-28-25(23)33(24)20-6-3-5-18(27)13-20/h3-8,13-16H,9-12,17H2,1-2H3,(H,29,34). The van der Waals surface area contributed by atoms with Gasteiger partial charge in [-0.05, 0) is 30.3 Å². The van der Waals surface area contributed by atoms with Crippen molar-refractivity contribution in [1.29, 1.82) is 0 Å². The molecule has 0 spiro atoms. The Morgan fingerprint density at radius 2 is 1.75 bits per heavy atom. The molecular formula is C26H27FN6O3. The highest BCUT2D eigenvalue weighted by Gasteiger charge is 2.24. The minimum atomic E-state index is -0.315. The van der Waals surface area contributed by atoms with Gasteiger partial charge in [-0.3, -0.25) is 9.47 Å². The molecule has 9 nitrogen and oxygen atoms in total. The summed E-state index contributed by atoms with van der Waals surface area (Å²) in [5.41, 5.74) is 2.72. The van der Waals surface area contributed by atoms with E-state index in [0.29, 0.717) is 61.2 Å². The van der Waals surface area contributed by atoms with Crippen molar-refractivity contribution in [2.75, 3.05) is 45.7 Å². The van der Waals surface area contributed by atoms with E-state index in [9.17, 15) is 9.18 Å². The predicted molar refractivity (Wildman–Crippen MR) is 134 cm³/mol. The maximum Gasteiger partial charge on any atom is 0.321 e. The Bertz CT molecular complexity index is 1360. The van der Waals surface area contributed by atoms with Crippen LogP contribution in [0.25, 0.3) is 16.9 Å². The van der Waals surface area contributed by atoms with Crippen molar-refractivity contribution < 1.29 is 18.7 Å². The molecule has 10 heteroatoms. The van der Waals surface area contributed by atoms with E-state index >= 15 is 0 Å². The highest BCUT2D eigenvalue weighted by molar-refractivity contribution is 5.90. The first-order chi connectivity index (χ1) is 17.5. The van der Waals surface area contributed by atoms with E-state index in [0.717, 1.165) is 11.3 Å². The zero-order valence-corrected chi connectivity index (χ0v) is 20.1. The third kappa shape index (κ3) is 4.94. The average molecular weight is 491 g/mol. The Balaban J connectivity index is 1.27. The average Bonchev–Trinajstić information content (AvgIpc) is 3.26. The van der Waals surface area contributed by atoms with E-state index in [1.165, 1.54) is 12.1 Å². The van der Waals surface area contributed by atoms with Crippen molar-refractivity contribution in [3.05, 3.63) is 72.4 Å². The van der Waals surface area contributed by atoms with Gasteiger partial charge in [-0.2, -0.15) is 0 Å². The number of piperazine rings is 1. The van der Waals surface area contributed by atoms with Gasteiger partial charge >= 0.3 is 6.03 Å². The van der Waals surface area contributed by atoms with Crippen molar-refractivity contribution in [3.8, 4) is 17.2 Å². The Hall–Kier alpha value is -4.18. The van der Waals surface area contributed by atoms with Gasteiger partial charge in [0.25, 0.3) is 0 Å². The van der Waals surface area contributed by atoms with E-state index in [2.05, 4.69) is 15.2 Å². The maximum atomic E-state index is 14.0. The van der Waals surface area contributed by atoms with Gasteiger partial charge in [0.2, 0.25) is 0 Å². The monoisotopic (exact) mass is 490 g/mol. The van der Waals surface area contributed by atoms with Gasteiger partial charge in [0.15, 0.2) is 5.65 Å². The normalized spacial score (nSPS) is 14.1. The number of aromatic nitrogens is 3. The Labute approximate surface area is 208 Å². The molecule has 0 aliphatic carbocycles. The summed E-state index contributed by atoms with van der Waals surface area (Å²) in [5, 5.41) is 2.93. The second-order valence-corrected chi connectivity index (χ2v) is 8.48. The Morgan fingerprint density at radius 1 is 1.00 bits per heavy atom. The maximum absolute atomic E-state index is 14.0. The van der Waals surface area contributed by atoms with Crippen molar-refractivity contribution >= 4 is 22.9 Å². The molecular weight excluding hydrogens is 463 g/mol. The molecule has 0 saturated carbocycles. The molecule has 0 atom stereocenters. The number of pyridine rings is 1. The van der Waals surface area contributed by atoms with Gasteiger partial charge in [0, 0.05) is 56.3 Å². The number of benzene rings is 2. The van der Waals surface area contributed by atoms with Crippen molar-refractivity contribution in [2.24, 2.45) is 0 Å². The number of fused-ring (bicyclic) bond motifs is 1. The molecule has 1 fully saturated rings. The van der Waals surface area contributed by atoms with Crippen LogP contribution in [0.15, 0.2) is 60.8 Å².